The highest BCUT2D eigenvalue weighted by molar-refractivity contribution is 6.31. The first-order chi connectivity index (χ1) is 11.0. The van der Waals surface area contributed by atoms with Crippen LogP contribution in [-0.4, -0.2) is 41.9 Å². The number of fused-ring (bicyclic) bond motifs is 1. The van der Waals surface area contributed by atoms with Crippen molar-refractivity contribution in [3.8, 4) is 0 Å². The number of nitrogens with zero attached hydrogens (tertiary/aromatic N) is 2. The van der Waals surface area contributed by atoms with E-state index >= 15 is 0 Å². The molecule has 0 bridgehead atoms. The van der Waals surface area contributed by atoms with Gasteiger partial charge in [0.1, 0.15) is 0 Å². The van der Waals surface area contributed by atoms with Gasteiger partial charge in [-0.15, -0.1) is 0 Å². The van der Waals surface area contributed by atoms with E-state index in [1.807, 2.05) is 4.90 Å². The predicted octanol–water partition coefficient (Wildman–Crippen LogP) is 2.25. The molecule has 1 aromatic rings. The van der Waals surface area contributed by atoms with E-state index < -0.39 is 4.92 Å². The molecule has 1 amide bonds. The number of hydrogen-bond donors (Lipinski definition) is 1. The summed E-state index contributed by atoms with van der Waals surface area (Å²) in [5.74, 6) is 1.40. The van der Waals surface area contributed by atoms with Gasteiger partial charge < -0.3 is 10.2 Å². The third kappa shape index (κ3) is 3.64. The monoisotopic (exact) mass is 337 g/mol. The maximum Gasteiger partial charge on any atom is 0.270 e. The van der Waals surface area contributed by atoms with Crippen LogP contribution in [0.25, 0.3) is 0 Å². The van der Waals surface area contributed by atoms with Crippen LogP contribution in [0.5, 0.6) is 0 Å². The van der Waals surface area contributed by atoms with Gasteiger partial charge in [0.2, 0.25) is 5.91 Å². The van der Waals surface area contributed by atoms with Gasteiger partial charge in [0, 0.05) is 25.2 Å². The second kappa shape index (κ2) is 6.84. The summed E-state index contributed by atoms with van der Waals surface area (Å²) in [7, 11) is 0. The van der Waals surface area contributed by atoms with Crippen molar-refractivity contribution >= 4 is 23.2 Å². The molecule has 23 heavy (non-hydrogen) atoms. The van der Waals surface area contributed by atoms with Crippen molar-refractivity contribution in [2.45, 2.75) is 19.3 Å². The number of amides is 1. The number of nitro groups is 1. The van der Waals surface area contributed by atoms with E-state index in [1.165, 1.54) is 12.1 Å². The zero-order valence-corrected chi connectivity index (χ0v) is 13.6. The van der Waals surface area contributed by atoms with Gasteiger partial charge in [0.05, 0.1) is 16.4 Å². The van der Waals surface area contributed by atoms with Crippen molar-refractivity contribution in [2.75, 3.05) is 26.2 Å². The van der Waals surface area contributed by atoms with E-state index in [4.69, 9.17) is 11.6 Å². The summed E-state index contributed by atoms with van der Waals surface area (Å²) in [6.45, 7) is 3.68. The summed E-state index contributed by atoms with van der Waals surface area (Å²) in [4.78, 5) is 24.7. The summed E-state index contributed by atoms with van der Waals surface area (Å²) in [6.07, 6.45) is 2.28. The Kier molecular flexibility index (Phi) is 4.82. The zero-order valence-electron chi connectivity index (χ0n) is 12.8. The first kappa shape index (κ1) is 16.2. The Labute approximate surface area is 139 Å². The Balaban J connectivity index is 1.64. The molecule has 6 nitrogen and oxygen atoms in total. The number of carbonyl (C=O) groups excluding carboxylic acids is 1. The Morgan fingerprint density at radius 2 is 1.96 bits per heavy atom. The number of likely N-dealkylation sites (tertiary alicyclic amines) is 1. The molecule has 3 rings (SSSR count). The second-order valence-electron chi connectivity index (χ2n) is 6.35. The molecule has 2 atom stereocenters. The van der Waals surface area contributed by atoms with Crippen molar-refractivity contribution in [3.63, 3.8) is 0 Å². The molecular weight excluding hydrogens is 318 g/mol. The molecule has 1 aromatic carbocycles. The fourth-order valence-corrected chi connectivity index (χ4v) is 3.78. The molecule has 2 fully saturated rings. The maximum atomic E-state index is 12.5. The molecule has 1 N–H and O–H groups in total. The summed E-state index contributed by atoms with van der Waals surface area (Å²) >= 11 is 6.08. The van der Waals surface area contributed by atoms with Crippen LogP contribution in [0.2, 0.25) is 5.02 Å². The number of halogens is 1. The van der Waals surface area contributed by atoms with E-state index in [1.54, 1.807) is 6.07 Å². The lowest BCUT2D eigenvalue weighted by atomic mass is 9.92. The Bertz CT molecular complexity index is 609. The average molecular weight is 338 g/mol. The molecule has 2 saturated heterocycles. The predicted molar refractivity (Wildman–Crippen MR) is 87.5 cm³/mol. The molecule has 0 aromatic heterocycles. The molecule has 0 saturated carbocycles. The van der Waals surface area contributed by atoms with Crippen molar-refractivity contribution in [3.05, 3.63) is 38.9 Å². The molecule has 2 aliphatic rings. The van der Waals surface area contributed by atoms with E-state index in [9.17, 15) is 14.9 Å². The number of carbonyl (C=O) groups is 1. The maximum absolute atomic E-state index is 12.5. The molecule has 0 aliphatic carbocycles. The summed E-state index contributed by atoms with van der Waals surface area (Å²) < 4.78 is 0. The van der Waals surface area contributed by atoms with Gasteiger partial charge in [-0.25, -0.2) is 0 Å². The number of nitro benzene ring substituents is 1. The van der Waals surface area contributed by atoms with Gasteiger partial charge in [-0.05, 0) is 43.3 Å². The van der Waals surface area contributed by atoms with Crippen LogP contribution in [0.3, 0.4) is 0 Å². The highest BCUT2D eigenvalue weighted by Gasteiger charge is 2.31. The van der Waals surface area contributed by atoms with Crippen LogP contribution < -0.4 is 5.32 Å². The number of non-ortho nitro benzene ring substituents is 1. The number of nitrogens with one attached hydrogen (secondary N) is 1. The molecule has 0 unspecified atom stereocenters. The second-order valence-corrected chi connectivity index (χ2v) is 6.75. The third-order valence-corrected chi connectivity index (χ3v) is 5.31. The van der Waals surface area contributed by atoms with E-state index in [0.717, 1.165) is 39.0 Å². The summed E-state index contributed by atoms with van der Waals surface area (Å²) in [6, 6.07) is 4.28. The van der Waals surface area contributed by atoms with Crippen molar-refractivity contribution in [1.29, 1.82) is 0 Å². The topological polar surface area (TPSA) is 75.5 Å². The van der Waals surface area contributed by atoms with Gasteiger partial charge >= 0.3 is 0 Å². The van der Waals surface area contributed by atoms with Crippen LogP contribution in [-0.2, 0) is 11.2 Å². The molecule has 2 heterocycles. The molecule has 2 aliphatic heterocycles. The quantitative estimate of drug-likeness (QED) is 0.678. The summed E-state index contributed by atoms with van der Waals surface area (Å²) in [5.41, 5.74) is 0.592. The van der Waals surface area contributed by atoms with Crippen LogP contribution in [0.4, 0.5) is 5.69 Å². The lowest BCUT2D eigenvalue weighted by Crippen LogP contribution is -2.34. The van der Waals surface area contributed by atoms with Crippen LogP contribution in [0.1, 0.15) is 18.4 Å². The highest BCUT2D eigenvalue weighted by Crippen LogP contribution is 2.28. The average Bonchev–Trinajstić information content (AvgIpc) is 2.87. The number of benzene rings is 1. The first-order valence-corrected chi connectivity index (χ1v) is 8.33. The molecular formula is C16H20ClN3O3. The van der Waals surface area contributed by atoms with Crippen LogP contribution in [0.15, 0.2) is 18.2 Å². The minimum absolute atomic E-state index is 0.0497. The smallest absolute Gasteiger partial charge is 0.270 e. The largest absolute Gasteiger partial charge is 0.342 e. The van der Waals surface area contributed by atoms with E-state index in [2.05, 4.69) is 5.32 Å². The van der Waals surface area contributed by atoms with Crippen LogP contribution >= 0.6 is 11.6 Å². The van der Waals surface area contributed by atoms with Gasteiger partial charge in [-0.2, -0.15) is 0 Å². The van der Waals surface area contributed by atoms with E-state index in [-0.39, 0.29) is 23.0 Å². The molecule has 7 heteroatoms. The fraction of sp³-hybridized carbons (Fsp3) is 0.562. The zero-order chi connectivity index (χ0) is 16.4. The fourth-order valence-electron chi connectivity index (χ4n) is 3.54. The normalized spacial score (nSPS) is 24.1. The van der Waals surface area contributed by atoms with Crippen molar-refractivity contribution in [1.82, 2.24) is 10.2 Å². The van der Waals surface area contributed by atoms with Crippen LogP contribution in [0, 0.1) is 22.0 Å². The lowest BCUT2D eigenvalue weighted by molar-refractivity contribution is -0.384. The van der Waals surface area contributed by atoms with Crippen molar-refractivity contribution in [2.24, 2.45) is 11.8 Å². The minimum Gasteiger partial charge on any atom is -0.342 e. The molecule has 124 valence electrons. The van der Waals surface area contributed by atoms with Gasteiger partial charge in [-0.3, -0.25) is 14.9 Å². The lowest BCUT2D eigenvalue weighted by Gasteiger charge is -2.21. The highest BCUT2D eigenvalue weighted by atomic mass is 35.5. The molecule has 0 spiro atoms. The Morgan fingerprint density at radius 3 is 2.52 bits per heavy atom. The minimum atomic E-state index is -0.487. The van der Waals surface area contributed by atoms with Gasteiger partial charge in [0.25, 0.3) is 5.69 Å². The molecule has 0 radical (unpaired) electrons. The van der Waals surface area contributed by atoms with E-state index in [0.29, 0.717) is 17.4 Å². The Hall–Kier alpha value is -1.66. The van der Waals surface area contributed by atoms with Gasteiger partial charge in [-0.1, -0.05) is 17.7 Å². The Morgan fingerprint density at radius 1 is 1.30 bits per heavy atom. The number of rotatable bonds is 3. The SMILES string of the molecule is O=C(Cc1ccc([N+](=O)[O-])cc1Cl)N1CC[C@@H]2CNC[C@@H]2CC1. The first-order valence-electron chi connectivity index (χ1n) is 7.96. The van der Waals surface area contributed by atoms with Crippen molar-refractivity contribution < 1.29 is 9.72 Å². The number of hydrogen-bond acceptors (Lipinski definition) is 4. The van der Waals surface area contributed by atoms with Gasteiger partial charge in [0.15, 0.2) is 0 Å². The summed E-state index contributed by atoms with van der Waals surface area (Å²) in [5, 5.41) is 14.4. The standard InChI is InChI=1S/C16H20ClN3O3/c17-15-8-14(20(22)23)2-1-11(15)7-16(21)19-5-3-12-9-18-10-13(12)4-6-19/h1-2,8,12-13,18H,3-7,9-10H2/t12-,13+. The third-order valence-electron chi connectivity index (χ3n) is 4.96.